The predicted molar refractivity (Wildman–Crippen MR) is 91.5 cm³/mol. The largest absolute Gasteiger partial charge is 0.492 e. The molecule has 0 aliphatic rings. The van der Waals surface area contributed by atoms with E-state index in [0.717, 1.165) is 26.9 Å². The molecule has 2 rings (SSSR count). The van der Waals surface area contributed by atoms with Crippen molar-refractivity contribution in [3.8, 4) is 5.75 Å². The fourth-order valence-electron chi connectivity index (χ4n) is 1.97. The van der Waals surface area contributed by atoms with Crippen molar-refractivity contribution in [2.75, 3.05) is 11.9 Å². The van der Waals surface area contributed by atoms with E-state index in [0.29, 0.717) is 6.61 Å². The van der Waals surface area contributed by atoms with Crippen molar-refractivity contribution in [3.63, 3.8) is 0 Å². The molecule has 4 heteroatoms. The van der Waals surface area contributed by atoms with Crippen molar-refractivity contribution in [1.29, 1.82) is 0 Å². The number of halogens is 2. The quantitative estimate of drug-likeness (QED) is 0.714. The molecule has 2 nitrogen and oxygen atoms in total. The lowest BCUT2D eigenvalue weighted by atomic mass is 10.1. The lowest BCUT2D eigenvalue weighted by molar-refractivity contribution is 0.336. The molecule has 0 aliphatic carbocycles. The molecule has 0 saturated carbocycles. The first-order chi connectivity index (χ1) is 9.61. The molecular weight excluding hydrogens is 382 g/mol. The van der Waals surface area contributed by atoms with E-state index in [1.807, 2.05) is 19.1 Å². The normalized spacial score (nSPS) is 10.4. The second kappa shape index (κ2) is 7.14. The van der Waals surface area contributed by atoms with Gasteiger partial charge in [0.15, 0.2) is 0 Å². The van der Waals surface area contributed by atoms with Crippen LogP contribution in [0.2, 0.25) is 0 Å². The molecule has 0 amide bonds. The second-order valence-corrected chi connectivity index (χ2v) is 6.20. The third-order valence-electron chi connectivity index (χ3n) is 2.97. The van der Waals surface area contributed by atoms with E-state index in [-0.39, 0.29) is 0 Å². The van der Waals surface area contributed by atoms with Crippen molar-refractivity contribution >= 4 is 37.5 Å². The number of para-hydroxylation sites is 1. The standard InChI is InChI=1S/C16H17Br2NO/c1-3-20-16-13(17)8-12(9-14(16)18)10-19-15-7-5-4-6-11(15)2/h4-9,19H,3,10H2,1-2H3. The average Bonchev–Trinajstić information content (AvgIpc) is 2.42. The Hall–Kier alpha value is -1.00. The maximum absolute atomic E-state index is 5.59. The summed E-state index contributed by atoms with van der Waals surface area (Å²) in [4.78, 5) is 0. The molecular formula is C16H17Br2NO. The molecule has 0 radical (unpaired) electrons. The molecule has 0 atom stereocenters. The summed E-state index contributed by atoms with van der Waals surface area (Å²) in [7, 11) is 0. The Kier molecular flexibility index (Phi) is 5.49. The lowest BCUT2D eigenvalue weighted by Gasteiger charge is -2.13. The molecule has 20 heavy (non-hydrogen) atoms. The fourth-order valence-corrected chi connectivity index (χ4v) is 3.48. The molecule has 1 N–H and O–H groups in total. The Labute approximate surface area is 136 Å². The summed E-state index contributed by atoms with van der Waals surface area (Å²) < 4.78 is 7.53. The van der Waals surface area contributed by atoms with Gasteiger partial charge in [-0.3, -0.25) is 0 Å². The zero-order valence-electron chi connectivity index (χ0n) is 11.5. The highest BCUT2D eigenvalue weighted by molar-refractivity contribution is 9.11. The van der Waals surface area contributed by atoms with Crippen molar-refractivity contribution in [1.82, 2.24) is 0 Å². The smallest absolute Gasteiger partial charge is 0.147 e. The summed E-state index contributed by atoms with van der Waals surface area (Å²) >= 11 is 7.11. The van der Waals surface area contributed by atoms with Crippen molar-refractivity contribution in [2.24, 2.45) is 0 Å². The van der Waals surface area contributed by atoms with Crippen molar-refractivity contribution < 1.29 is 4.74 Å². The van der Waals surface area contributed by atoms with E-state index < -0.39 is 0 Å². The average molecular weight is 399 g/mol. The van der Waals surface area contributed by atoms with Crippen LogP contribution < -0.4 is 10.1 Å². The highest BCUT2D eigenvalue weighted by Crippen LogP contribution is 2.35. The Morgan fingerprint density at radius 1 is 1.10 bits per heavy atom. The molecule has 106 valence electrons. The fraction of sp³-hybridized carbons (Fsp3) is 0.250. The molecule has 0 fully saturated rings. The molecule has 0 spiro atoms. The van der Waals surface area contributed by atoms with Crippen LogP contribution in [0.3, 0.4) is 0 Å². The molecule has 0 bridgehead atoms. The summed E-state index contributed by atoms with van der Waals surface area (Å²) in [6.45, 7) is 5.51. The minimum atomic E-state index is 0.651. The SMILES string of the molecule is CCOc1c(Br)cc(CNc2ccccc2C)cc1Br. The zero-order chi connectivity index (χ0) is 14.5. The number of nitrogens with one attached hydrogen (secondary N) is 1. The van der Waals surface area contributed by atoms with E-state index in [2.05, 4.69) is 68.4 Å². The first kappa shape index (κ1) is 15.4. The van der Waals surface area contributed by atoms with E-state index in [9.17, 15) is 0 Å². The summed E-state index contributed by atoms with van der Waals surface area (Å²) in [5, 5.41) is 3.45. The van der Waals surface area contributed by atoms with Crippen molar-refractivity contribution in [3.05, 3.63) is 56.5 Å². The van der Waals surface area contributed by atoms with Gasteiger partial charge in [-0.05, 0) is 75.0 Å². The van der Waals surface area contributed by atoms with Crippen LogP contribution in [0.4, 0.5) is 5.69 Å². The number of rotatable bonds is 5. The Morgan fingerprint density at radius 3 is 2.35 bits per heavy atom. The minimum Gasteiger partial charge on any atom is -0.492 e. The number of ether oxygens (including phenoxy) is 1. The van der Waals surface area contributed by atoms with Crippen LogP contribution in [0, 0.1) is 6.92 Å². The number of aryl methyl sites for hydroxylation is 1. The van der Waals surface area contributed by atoms with E-state index in [1.54, 1.807) is 0 Å². The van der Waals surface area contributed by atoms with Gasteiger partial charge >= 0.3 is 0 Å². The Balaban J connectivity index is 2.13. The van der Waals surface area contributed by atoms with Gasteiger partial charge in [-0.25, -0.2) is 0 Å². The predicted octanol–water partition coefficient (Wildman–Crippen LogP) is 5.53. The van der Waals surface area contributed by atoms with Crippen LogP contribution in [0.1, 0.15) is 18.1 Å². The van der Waals surface area contributed by atoms with Crippen LogP contribution in [0.15, 0.2) is 45.3 Å². The Morgan fingerprint density at radius 2 is 1.75 bits per heavy atom. The van der Waals surface area contributed by atoms with Gasteiger partial charge in [-0.2, -0.15) is 0 Å². The van der Waals surface area contributed by atoms with Gasteiger partial charge in [-0.15, -0.1) is 0 Å². The molecule has 0 unspecified atom stereocenters. The van der Waals surface area contributed by atoms with Gasteiger partial charge in [0.1, 0.15) is 5.75 Å². The van der Waals surface area contributed by atoms with Gasteiger partial charge in [0, 0.05) is 12.2 Å². The van der Waals surface area contributed by atoms with Gasteiger partial charge in [-0.1, -0.05) is 18.2 Å². The molecule has 0 aliphatic heterocycles. The van der Waals surface area contributed by atoms with Gasteiger partial charge in [0.2, 0.25) is 0 Å². The van der Waals surface area contributed by atoms with Crippen LogP contribution in [0.25, 0.3) is 0 Å². The molecule has 0 saturated heterocycles. The lowest BCUT2D eigenvalue weighted by Crippen LogP contribution is -2.02. The summed E-state index contributed by atoms with van der Waals surface area (Å²) in [6, 6.07) is 12.5. The highest BCUT2D eigenvalue weighted by Gasteiger charge is 2.08. The number of hydrogen-bond donors (Lipinski definition) is 1. The first-order valence-electron chi connectivity index (χ1n) is 6.52. The monoisotopic (exact) mass is 397 g/mol. The number of benzene rings is 2. The maximum atomic E-state index is 5.59. The van der Waals surface area contributed by atoms with E-state index in [1.165, 1.54) is 11.1 Å². The van der Waals surface area contributed by atoms with Crippen molar-refractivity contribution in [2.45, 2.75) is 20.4 Å². The second-order valence-electron chi connectivity index (χ2n) is 4.49. The summed E-state index contributed by atoms with van der Waals surface area (Å²) in [6.07, 6.45) is 0. The number of anilines is 1. The van der Waals surface area contributed by atoms with Crippen LogP contribution in [-0.2, 0) is 6.54 Å². The molecule has 0 heterocycles. The first-order valence-corrected chi connectivity index (χ1v) is 8.10. The third-order valence-corrected chi connectivity index (χ3v) is 4.15. The zero-order valence-corrected chi connectivity index (χ0v) is 14.7. The topological polar surface area (TPSA) is 21.3 Å². The van der Waals surface area contributed by atoms with Gasteiger partial charge in [0.25, 0.3) is 0 Å². The van der Waals surface area contributed by atoms with Crippen LogP contribution in [-0.4, -0.2) is 6.61 Å². The molecule has 2 aromatic carbocycles. The Bertz CT molecular complexity index is 576. The van der Waals surface area contributed by atoms with Crippen LogP contribution in [0.5, 0.6) is 5.75 Å². The molecule has 0 aromatic heterocycles. The summed E-state index contributed by atoms with van der Waals surface area (Å²) in [5.41, 5.74) is 3.60. The highest BCUT2D eigenvalue weighted by atomic mass is 79.9. The molecule has 2 aromatic rings. The summed E-state index contributed by atoms with van der Waals surface area (Å²) in [5.74, 6) is 0.854. The van der Waals surface area contributed by atoms with Crippen LogP contribution >= 0.6 is 31.9 Å². The number of hydrogen-bond acceptors (Lipinski definition) is 2. The van der Waals surface area contributed by atoms with Gasteiger partial charge in [0.05, 0.1) is 15.6 Å². The third kappa shape index (κ3) is 3.76. The van der Waals surface area contributed by atoms with E-state index >= 15 is 0 Å². The van der Waals surface area contributed by atoms with E-state index in [4.69, 9.17) is 4.74 Å². The maximum Gasteiger partial charge on any atom is 0.147 e. The van der Waals surface area contributed by atoms with Gasteiger partial charge < -0.3 is 10.1 Å². The minimum absolute atomic E-state index is 0.651.